The maximum Gasteiger partial charge on any atom is 0.319 e. The third kappa shape index (κ3) is 3.93. The molecule has 0 aliphatic carbocycles. The highest BCUT2D eigenvalue weighted by atomic mass is 16.5. The van der Waals surface area contributed by atoms with Gasteiger partial charge in [-0.05, 0) is 56.2 Å². The SMILES string of the molecule is CCNC(=O)Nc1cc(C)c(Oc2ccnc3cc(O)c(OC)cc23)cc1C. The number of fused-ring (bicyclic) bond motifs is 1. The number of aromatic hydroxyl groups is 1. The van der Waals surface area contributed by atoms with Crippen LogP contribution in [-0.2, 0) is 0 Å². The van der Waals surface area contributed by atoms with Gasteiger partial charge in [0.15, 0.2) is 11.5 Å². The lowest BCUT2D eigenvalue weighted by Gasteiger charge is -2.15. The number of phenols is 1. The van der Waals surface area contributed by atoms with Gasteiger partial charge in [-0.2, -0.15) is 0 Å². The van der Waals surface area contributed by atoms with Gasteiger partial charge in [0.25, 0.3) is 0 Å². The highest BCUT2D eigenvalue weighted by molar-refractivity contribution is 5.90. The Morgan fingerprint density at radius 3 is 2.61 bits per heavy atom. The van der Waals surface area contributed by atoms with Crippen LogP contribution in [0.1, 0.15) is 18.1 Å². The van der Waals surface area contributed by atoms with Crippen molar-refractivity contribution in [2.75, 3.05) is 19.0 Å². The van der Waals surface area contributed by atoms with E-state index in [4.69, 9.17) is 9.47 Å². The quantitative estimate of drug-likeness (QED) is 0.605. The van der Waals surface area contributed by atoms with Gasteiger partial charge in [0, 0.05) is 29.9 Å². The van der Waals surface area contributed by atoms with Crippen LogP contribution in [0.3, 0.4) is 0 Å². The lowest BCUT2D eigenvalue weighted by Crippen LogP contribution is -2.28. The summed E-state index contributed by atoms with van der Waals surface area (Å²) in [6.45, 7) is 6.23. The molecule has 0 bridgehead atoms. The number of ether oxygens (including phenoxy) is 2. The maximum absolute atomic E-state index is 11.8. The van der Waals surface area contributed by atoms with Crippen molar-refractivity contribution in [2.45, 2.75) is 20.8 Å². The van der Waals surface area contributed by atoms with E-state index < -0.39 is 0 Å². The smallest absolute Gasteiger partial charge is 0.319 e. The van der Waals surface area contributed by atoms with Gasteiger partial charge in [0.05, 0.1) is 12.6 Å². The van der Waals surface area contributed by atoms with Gasteiger partial charge in [-0.15, -0.1) is 0 Å². The predicted octanol–water partition coefficient (Wildman–Crippen LogP) is 4.50. The van der Waals surface area contributed by atoms with Crippen molar-refractivity contribution in [2.24, 2.45) is 0 Å². The number of hydrogen-bond acceptors (Lipinski definition) is 5. The van der Waals surface area contributed by atoms with Crippen LogP contribution in [0.25, 0.3) is 10.9 Å². The number of urea groups is 1. The third-order valence-corrected chi connectivity index (χ3v) is 4.33. The van der Waals surface area contributed by atoms with Crippen LogP contribution in [-0.4, -0.2) is 29.8 Å². The molecule has 3 rings (SSSR count). The van der Waals surface area contributed by atoms with E-state index in [0.29, 0.717) is 29.3 Å². The van der Waals surface area contributed by atoms with E-state index >= 15 is 0 Å². The van der Waals surface area contributed by atoms with Gasteiger partial charge in [-0.3, -0.25) is 4.98 Å². The van der Waals surface area contributed by atoms with Crippen LogP contribution in [0.2, 0.25) is 0 Å². The molecule has 28 heavy (non-hydrogen) atoms. The molecule has 3 N–H and O–H groups in total. The summed E-state index contributed by atoms with van der Waals surface area (Å²) < 4.78 is 11.3. The fourth-order valence-corrected chi connectivity index (χ4v) is 2.87. The summed E-state index contributed by atoms with van der Waals surface area (Å²) in [6, 6.07) is 8.50. The largest absolute Gasteiger partial charge is 0.504 e. The van der Waals surface area contributed by atoms with Gasteiger partial charge in [-0.1, -0.05) is 0 Å². The fraction of sp³-hybridized carbons (Fsp3) is 0.238. The summed E-state index contributed by atoms with van der Waals surface area (Å²) in [5.41, 5.74) is 3.07. The minimum absolute atomic E-state index is 0.0208. The topological polar surface area (TPSA) is 92.7 Å². The van der Waals surface area contributed by atoms with Gasteiger partial charge < -0.3 is 25.2 Å². The first kappa shape index (κ1) is 19.3. The molecule has 7 nitrogen and oxygen atoms in total. The third-order valence-electron chi connectivity index (χ3n) is 4.33. The molecule has 2 aromatic carbocycles. The Balaban J connectivity index is 1.96. The lowest BCUT2D eigenvalue weighted by atomic mass is 10.1. The number of amides is 2. The first-order valence-electron chi connectivity index (χ1n) is 8.92. The van der Waals surface area contributed by atoms with Gasteiger partial charge >= 0.3 is 6.03 Å². The molecule has 1 aromatic heterocycles. The van der Waals surface area contributed by atoms with Crippen LogP contribution < -0.4 is 20.1 Å². The van der Waals surface area contributed by atoms with Crippen molar-refractivity contribution in [3.8, 4) is 23.0 Å². The monoisotopic (exact) mass is 381 g/mol. The summed E-state index contributed by atoms with van der Waals surface area (Å²) in [5.74, 6) is 1.63. The van der Waals surface area contributed by atoms with E-state index in [9.17, 15) is 9.90 Å². The zero-order chi connectivity index (χ0) is 20.3. The molecule has 0 aliphatic rings. The van der Waals surface area contributed by atoms with Crippen molar-refractivity contribution in [3.63, 3.8) is 0 Å². The van der Waals surface area contributed by atoms with Crippen LogP contribution in [0, 0.1) is 13.8 Å². The van der Waals surface area contributed by atoms with Crippen LogP contribution in [0.4, 0.5) is 10.5 Å². The van der Waals surface area contributed by atoms with E-state index in [0.717, 1.165) is 22.2 Å². The van der Waals surface area contributed by atoms with E-state index in [-0.39, 0.29) is 11.8 Å². The molecule has 146 valence electrons. The number of benzene rings is 2. The Kier molecular flexibility index (Phi) is 5.54. The number of nitrogens with one attached hydrogen (secondary N) is 2. The molecule has 0 fully saturated rings. The molecule has 0 aliphatic heterocycles. The Hall–Kier alpha value is -3.48. The summed E-state index contributed by atoms with van der Waals surface area (Å²) in [5, 5.41) is 16.2. The molecule has 0 saturated heterocycles. The number of nitrogens with zero attached hydrogens (tertiary/aromatic N) is 1. The Labute approximate surface area is 163 Å². The standard InChI is InChI=1S/C21H23N3O4/c1-5-22-21(26)24-15-8-13(3)19(9-12(15)2)28-18-6-7-23-16-11-17(25)20(27-4)10-14(16)18/h6-11,25H,5H2,1-4H3,(H2,22,24,26). The molecule has 0 atom stereocenters. The lowest BCUT2D eigenvalue weighted by molar-refractivity contribution is 0.252. The number of carbonyl (C=O) groups is 1. The first-order valence-corrected chi connectivity index (χ1v) is 8.92. The number of phenolic OH excluding ortho intramolecular Hbond substituents is 1. The molecule has 7 heteroatoms. The summed E-state index contributed by atoms with van der Waals surface area (Å²) in [6.07, 6.45) is 1.62. The second-order valence-electron chi connectivity index (χ2n) is 6.37. The van der Waals surface area contributed by atoms with Crippen LogP contribution >= 0.6 is 0 Å². The normalized spacial score (nSPS) is 10.6. The van der Waals surface area contributed by atoms with Crippen molar-refractivity contribution >= 4 is 22.6 Å². The zero-order valence-corrected chi connectivity index (χ0v) is 16.3. The highest BCUT2D eigenvalue weighted by Crippen LogP contribution is 2.37. The Morgan fingerprint density at radius 2 is 1.89 bits per heavy atom. The van der Waals surface area contributed by atoms with Crippen molar-refractivity contribution in [3.05, 3.63) is 47.7 Å². The molecule has 3 aromatic rings. The zero-order valence-electron chi connectivity index (χ0n) is 16.3. The van der Waals surface area contributed by atoms with E-state index in [1.54, 1.807) is 24.4 Å². The number of carbonyl (C=O) groups excluding carboxylic acids is 1. The number of hydrogen-bond donors (Lipinski definition) is 3. The Bertz CT molecular complexity index is 1030. The predicted molar refractivity (Wildman–Crippen MR) is 109 cm³/mol. The number of methoxy groups -OCH3 is 1. The number of anilines is 1. The number of rotatable bonds is 5. The van der Waals surface area contributed by atoms with Crippen molar-refractivity contribution in [1.82, 2.24) is 10.3 Å². The molecule has 0 spiro atoms. The molecule has 0 saturated carbocycles. The summed E-state index contributed by atoms with van der Waals surface area (Å²) >= 11 is 0. The first-order chi connectivity index (χ1) is 13.4. The number of aryl methyl sites for hydroxylation is 2. The number of aromatic nitrogens is 1. The van der Waals surface area contributed by atoms with Crippen LogP contribution in [0.5, 0.6) is 23.0 Å². The molecular formula is C21H23N3O4. The fourth-order valence-electron chi connectivity index (χ4n) is 2.87. The number of pyridine rings is 1. The molecule has 1 heterocycles. The average molecular weight is 381 g/mol. The van der Waals surface area contributed by atoms with E-state index in [1.165, 1.54) is 7.11 Å². The van der Waals surface area contributed by atoms with Crippen LogP contribution in [0.15, 0.2) is 36.5 Å². The molecular weight excluding hydrogens is 358 g/mol. The minimum Gasteiger partial charge on any atom is -0.504 e. The average Bonchev–Trinajstić information content (AvgIpc) is 2.65. The molecule has 0 radical (unpaired) electrons. The van der Waals surface area contributed by atoms with Crippen molar-refractivity contribution in [1.29, 1.82) is 0 Å². The second kappa shape index (κ2) is 8.04. The minimum atomic E-state index is -0.245. The molecule has 2 amide bonds. The highest BCUT2D eigenvalue weighted by Gasteiger charge is 2.13. The van der Waals surface area contributed by atoms with Gasteiger partial charge in [0.2, 0.25) is 0 Å². The summed E-state index contributed by atoms with van der Waals surface area (Å²) in [7, 11) is 1.49. The maximum atomic E-state index is 11.8. The van der Waals surface area contributed by atoms with Gasteiger partial charge in [0.1, 0.15) is 11.5 Å². The van der Waals surface area contributed by atoms with Gasteiger partial charge in [-0.25, -0.2) is 4.79 Å². The second-order valence-corrected chi connectivity index (χ2v) is 6.37. The van der Waals surface area contributed by atoms with E-state index in [2.05, 4.69) is 15.6 Å². The molecule has 0 unspecified atom stereocenters. The van der Waals surface area contributed by atoms with E-state index in [1.807, 2.05) is 32.9 Å². The Morgan fingerprint density at radius 1 is 1.11 bits per heavy atom. The van der Waals surface area contributed by atoms with Crippen molar-refractivity contribution < 1.29 is 19.4 Å². The summed E-state index contributed by atoms with van der Waals surface area (Å²) in [4.78, 5) is 16.1.